The second-order valence-corrected chi connectivity index (χ2v) is 5.47. The Bertz CT molecular complexity index is 961. The molecule has 6 nitrogen and oxygen atoms in total. The average molecular weight is 338 g/mol. The maximum absolute atomic E-state index is 12.5. The van der Waals surface area contributed by atoms with Gasteiger partial charge in [0.1, 0.15) is 17.1 Å². The van der Waals surface area contributed by atoms with Crippen LogP contribution < -0.4 is 20.2 Å². The molecule has 25 heavy (non-hydrogen) atoms. The highest BCUT2D eigenvalue weighted by Crippen LogP contribution is 2.17. The first kappa shape index (κ1) is 16.6. The van der Waals surface area contributed by atoms with E-state index in [0.717, 1.165) is 11.3 Å². The van der Waals surface area contributed by atoms with Crippen LogP contribution >= 0.6 is 0 Å². The van der Waals surface area contributed by atoms with Crippen molar-refractivity contribution in [2.75, 3.05) is 14.2 Å². The van der Waals surface area contributed by atoms with Crippen LogP contribution in [-0.2, 0) is 6.54 Å². The first-order valence-corrected chi connectivity index (χ1v) is 7.73. The molecule has 0 aliphatic heterocycles. The Morgan fingerprint density at radius 3 is 2.40 bits per heavy atom. The third-order valence-corrected chi connectivity index (χ3v) is 3.94. The van der Waals surface area contributed by atoms with Gasteiger partial charge in [-0.15, -0.1) is 0 Å². The van der Waals surface area contributed by atoms with Gasteiger partial charge in [-0.05, 0) is 29.8 Å². The molecule has 3 aromatic rings. The molecule has 1 amide bonds. The van der Waals surface area contributed by atoms with Gasteiger partial charge in [-0.25, -0.2) is 0 Å². The molecule has 3 rings (SSSR count). The molecule has 0 fully saturated rings. The van der Waals surface area contributed by atoms with Crippen LogP contribution in [0.3, 0.4) is 0 Å². The van der Waals surface area contributed by atoms with Gasteiger partial charge in [0.25, 0.3) is 5.91 Å². The minimum absolute atomic E-state index is 0.0752. The Kier molecular flexibility index (Phi) is 4.70. The molecule has 1 aromatic heterocycles. The smallest absolute Gasteiger partial charge is 0.257 e. The van der Waals surface area contributed by atoms with E-state index in [1.165, 1.54) is 6.20 Å². The van der Waals surface area contributed by atoms with Crippen molar-refractivity contribution in [3.63, 3.8) is 0 Å². The summed E-state index contributed by atoms with van der Waals surface area (Å²) in [4.78, 5) is 27.8. The van der Waals surface area contributed by atoms with Gasteiger partial charge in [0.2, 0.25) is 5.43 Å². The van der Waals surface area contributed by atoms with Crippen molar-refractivity contribution in [2.45, 2.75) is 6.54 Å². The number of hydrogen-bond acceptors (Lipinski definition) is 4. The van der Waals surface area contributed by atoms with Crippen molar-refractivity contribution in [2.24, 2.45) is 0 Å². The van der Waals surface area contributed by atoms with Gasteiger partial charge < -0.3 is 19.8 Å². The SMILES string of the molecule is COc1ccc(CNC(=O)c2c[nH]c3cc(OC)ccc3c2=O)cc1. The number of fused-ring (bicyclic) bond motifs is 1. The lowest BCUT2D eigenvalue weighted by atomic mass is 10.1. The highest BCUT2D eigenvalue weighted by Gasteiger charge is 2.13. The average Bonchev–Trinajstić information content (AvgIpc) is 2.66. The van der Waals surface area contributed by atoms with Crippen LogP contribution in [0.5, 0.6) is 11.5 Å². The largest absolute Gasteiger partial charge is 0.497 e. The van der Waals surface area contributed by atoms with Crippen LogP contribution in [0.4, 0.5) is 0 Å². The van der Waals surface area contributed by atoms with Gasteiger partial charge >= 0.3 is 0 Å². The van der Waals surface area contributed by atoms with E-state index >= 15 is 0 Å². The normalized spacial score (nSPS) is 10.5. The predicted octanol–water partition coefficient (Wildman–Crippen LogP) is 2.48. The Morgan fingerprint density at radius 2 is 1.72 bits per heavy atom. The summed E-state index contributed by atoms with van der Waals surface area (Å²) in [6, 6.07) is 12.4. The molecule has 2 aromatic carbocycles. The summed E-state index contributed by atoms with van der Waals surface area (Å²) in [7, 11) is 3.15. The fraction of sp³-hybridized carbons (Fsp3) is 0.158. The monoisotopic (exact) mass is 338 g/mol. The Morgan fingerprint density at radius 1 is 1.04 bits per heavy atom. The number of aromatic amines is 1. The Labute approximate surface area is 144 Å². The molecule has 128 valence electrons. The molecule has 0 saturated carbocycles. The third-order valence-electron chi connectivity index (χ3n) is 3.94. The highest BCUT2D eigenvalue weighted by atomic mass is 16.5. The van der Waals surface area contributed by atoms with E-state index in [2.05, 4.69) is 10.3 Å². The van der Waals surface area contributed by atoms with Gasteiger partial charge in [-0.1, -0.05) is 12.1 Å². The number of aromatic nitrogens is 1. The molecule has 0 radical (unpaired) electrons. The Balaban J connectivity index is 1.79. The van der Waals surface area contributed by atoms with E-state index < -0.39 is 5.91 Å². The van der Waals surface area contributed by atoms with E-state index in [-0.39, 0.29) is 11.0 Å². The maximum atomic E-state index is 12.5. The molecule has 0 aliphatic rings. The van der Waals surface area contributed by atoms with Crippen LogP contribution in [0.2, 0.25) is 0 Å². The van der Waals surface area contributed by atoms with Crippen LogP contribution in [0.25, 0.3) is 10.9 Å². The topological polar surface area (TPSA) is 80.4 Å². The van der Waals surface area contributed by atoms with Crippen LogP contribution in [-0.4, -0.2) is 25.1 Å². The minimum atomic E-state index is -0.421. The van der Waals surface area contributed by atoms with Crippen LogP contribution in [0.15, 0.2) is 53.5 Å². The number of pyridine rings is 1. The number of amides is 1. The van der Waals surface area contributed by atoms with E-state index in [4.69, 9.17) is 9.47 Å². The number of benzene rings is 2. The Hall–Kier alpha value is -3.28. The lowest BCUT2D eigenvalue weighted by molar-refractivity contribution is 0.0949. The summed E-state index contributed by atoms with van der Waals surface area (Å²) in [6.07, 6.45) is 1.42. The van der Waals surface area contributed by atoms with E-state index in [9.17, 15) is 9.59 Å². The summed E-state index contributed by atoms with van der Waals surface area (Å²) in [5, 5.41) is 3.20. The van der Waals surface area contributed by atoms with Crippen LogP contribution in [0.1, 0.15) is 15.9 Å². The molecular weight excluding hydrogens is 320 g/mol. The zero-order valence-electron chi connectivity index (χ0n) is 14.0. The fourth-order valence-corrected chi connectivity index (χ4v) is 2.52. The summed E-state index contributed by atoms with van der Waals surface area (Å²) >= 11 is 0. The highest BCUT2D eigenvalue weighted by molar-refractivity contribution is 5.97. The van der Waals surface area contributed by atoms with Crippen LogP contribution in [0, 0.1) is 0 Å². The lowest BCUT2D eigenvalue weighted by Crippen LogP contribution is -2.28. The quantitative estimate of drug-likeness (QED) is 0.749. The molecule has 0 atom stereocenters. The van der Waals surface area contributed by atoms with Gasteiger partial charge in [-0.2, -0.15) is 0 Å². The minimum Gasteiger partial charge on any atom is -0.497 e. The molecule has 0 unspecified atom stereocenters. The number of ether oxygens (including phenoxy) is 2. The molecule has 0 aliphatic carbocycles. The van der Waals surface area contributed by atoms with Crippen molar-refractivity contribution in [1.29, 1.82) is 0 Å². The van der Waals surface area contributed by atoms with Crippen molar-refractivity contribution < 1.29 is 14.3 Å². The number of rotatable bonds is 5. The zero-order valence-corrected chi connectivity index (χ0v) is 14.0. The van der Waals surface area contributed by atoms with E-state index in [1.54, 1.807) is 32.4 Å². The number of hydrogen-bond donors (Lipinski definition) is 2. The maximum Gasteiger partial charge on any atom is 0.257 e. The van der Waals surface area contributed by atoms with E-state index in [0.29, 0.717) is 23.2 Å². The van der Waals surface area contributed by atoms with Crippen molar-refractivity contribution in [3.8, 4) is 11.5 Å². The van der Waals surface area contributed by atoms with Gasteiger partial charge in [-0.3, -0.25) is 9.59 Å². The second-order valence-electron chi connectivity index (χ2n) is 5.47. The predicted molar refractivity (Wildman–Crippen MR) is 95.3 cm³/mol. The molecule has 0 saturated heterocycles. The van der Waals surface area contributed by atoms with Crippen molar-refractivity contribution in [3.05, 3.63) is 70.0 Å². The molecule has 2 N–H and O–H groups in total. The number of H-pyrrole nitrogens is 1. The molecule has 0 bridgehead atoms. The molecule has 6 heteroatoms. The van der Waals surface area contributed by atoms with Gasteiger partial charge in [0.15, 0.2) is 0 Å². The number of methoxy groups -OCH3 is 2. The van der Waals surface area contributed by atoms with E-state index in [1.807, 2.05) is 24.3 Å². The second kappa shape index (κ2) is 7.09. The summed E-state index contributed by atoms with van der Waals surface area (Å²) in [6.45, 7) is 0.322. The first-order valence-electron chi connectivity index (χ1n) is 7.73. The van der Waals surface area contributed by atoms with Crippen molar-refractivity contribution in [1.82, 2.24) is 10.3 Å². The first-order chi connectivity index (χ1) is 12.1. The van der Waals surface area contributed by atoms with Crippen molar-refractivity contribution >= 4 is 16.8 Å². The fourth-order valence-electron chi connectivity index (χ4n) is 2.52. The lowest BCUT2D eigenvalue weighted by Gasteiger charge is -2.07. The molecule has 0 spiro atoms. The molecule has 1 heterocycles. The molecular formula is C19H18N2O4. The number of carbonyl (C=O) groups excluding carboxylic acids is 1. The zero-order chi connectivity index (χ0) is 17.8. The summed E-state index contributed by atoms with van der Waals surface area (Å²) in [5.74, 6) is 0.964. The van der Waals surface area contributed by atoms with Gasteiger partial charge in [0, 0.05) is 24.2 Å². The van der Waals surface area contributed by atoms with Gasteiger partial charge in [0.05, 0.1) is 19.7 Å². The summed E-state index contributed by atoms with van der Waals surface area (Å²) < 4.78 is 10.2. The number of carbonyl (C=O) groups is 1. The number of nitrogens with one attached hydrogen (secondary N) is 2. The summed E-state index contributed by atoms with van der Waals surface area (Å²) in [5.41, 5.74) is 1.29. The standard InChI is InChI=1S/C19H18N2O4/c1-24-13-5-3-12(4-6-13)10-21-19(23)16-11-20-17-9-14(25-2)7-8-15(17)18(16)22/h3-9,11H,10H2,1-2H3,(H,20,22)(H,21,23). The third kappa shape index (κ3) is 3.47.